The summed E-state index contributed by atoms with van der Waals surface area (Å²) in [5.41, 5.74) is 5.47. The zero-order chi connectivity index (χ0) is 17.2. The largest absolute Gasteiger partial charge is 0.480 e. The van der Waals surface area contributed by atoms with Crippen molar-refractivity contribution in [1.29, 1.82) is 0 Å². The molecule has 0 fully saturated rings. The predicted molar refractivity (Wildman–Crippen MR) is 99.7 cm³/mol. The van der Waals surface area contributed by atoms with Gasteiger partial charge in [-0.25, -0.2) is 0 Å². The number of unbranched alkanes of at least 4 members (excludes halogenated alkanes) is 12. The van der Waals surface area contributed by atoms with E-state index in [0.29, 0.717) is 6.42 Å². The molecule has 0 saturated carbocycles. The van der Waals surface area contributed by atoms with E-state index in [1.165, 1.54) is 77.0 Å². The standard InChI is InChI=1S/C20H39NO2/c1-2-3-4-5-6-7-8-9-10-11-12-13-14-15-16-17-18-19(21)20(22)23/h9-10,19H,2-8,11-18,21H2,1H3,(H,22,23)/b10-9-. The lowest BCUT2D eigenvalue weighted by molar-refractivity contribution is -0.138. The van der Waals surface area contributed by atoms with Crippen molar-refractivity contribution in [3.8, 4) is 0 Å². The van der Waals surface area contributed by atoms with Crippen LogP contribution in [0, 0.1) is 0 Å². The van der Waals surface area contributed by atoms with Crippen molar-refractivity contribution in [1.82, 2.24) is 0 Å². The van der Waals surface area contributed by atoms with Gasteiger partial charge in [0.25, 0.3) is 0 Å². The molecular formula is C20H39NO2. The Kier molecular flexibility index (Phi) is 16.9. The Balaban J connectivity index is 3.15. The molecule has 0 spiro atoms. The average Bonchev–Trinajstić information content (AvgIpc) is 2.54. The molecule has 23 heavy (non-hydrogen) atoms. The van der Waals surface area contributed by atoms with E-state index in [1.807, 2.05) is 0 Å². The topological polar surface area (TPSA) is 63.3 Å². The second-order valence-corrected chi connectivity index (χ2v) is 6.67. The van der Waals surface area contributed by atoms with Crippen molar-refractivity contribution in [2.45, 2.75) is 109 Å². The Morgan fingerprint density at radius 3 is 1.74 bits per heavy atom. The Morgan fingerprint density at radius 1 is 0.826 bits per heavy atom. The summed E-state index contributed by atoms with van der Waals surface area (Å²) in [5.74, 6) is -0.877. The second-order valence-electron chi connectivity index (χ2n) is 6.67. The Hall–Kier alpha value is -0.830. The summed E-state index contributed by atoms with van der Waals surface area (Å²) in [6, 6.07) is -0.674. The molecule has 0 aromatic carbocycles. The number of carboxylic acids is 1. The van der Waals surface area contributed by atoms with Crippen molar-refractivity contribution in [3.63, 3.8) is 0 Å². The van der Waals surface area contributed by atoms with E-state index in [9.17, 15) is 4.79 Å². The van der Waals surface area contributed by atoms with Gasteiger partial charge in [0.1, 0.15) is 6.04 Å². The quantitative estimate of drug-likeness (QED) is 0.261. The predicted octanol–water partition coefficient (Wildman–Crippen LogP) is 5.83. The van der Waals surface area contributed by atoms with Crippen LogP contribution in [-0.4, -0.2) is 17.1 Å². The minimum Gasteiger partial charge on any atom is -0.480 e. The summed E-state index contributed by atoms with van der Waals surface area (Å²) in [6.45, 7) is 2.26. The normalized spacial score (nSPS) is 12.8. The van der Waals surface area contributed by atoms with Gasteiger partial charge in [0.05, 0.1) is 0 Å². The van der Waals surface area contributed by atoms with Gasteiger partial charge in [-0.1, -0.05) is 83.3 Å². The highest BCUT2D eigenvalue weighted by Crippen LogP contribution is 2.11. The van der Waals surface area contributed by atoms with Crippen LogP contribution in [0.3, 0.4) is 0 Å². The lowest BCUT2D eigenvalue weighted by Crippen LogP contribution is -2.29. The average molecular weight is 326 g/mol. The molecule has 0 aliphatic rings. The molecule has 0 rings (SSSR count). The first-order chi connectivity index (χ1) is 11.2. The van der Waals surface area contributed by atoms with Crippen LogP contribution in [0.2, 0.25) is 0 Å². The highest BCUT2D eigenvalue weighted by atomic mass is 16.4. The van der Waals surface area contributed by atoms with E-state index in [0.717, 1.165) is 12.8 Å². The highest BCUT2D eigenvalue weighted by molar-refractivity contribution is 5.72. The van der Waals surface area contributed by atoms with Crippen LogP contribution < -0.4 is 5.73 Å². The van der Waals surface area contributed by atoms with Crippen molar-refractivity contribution in [3.05, 3.63) is 12.2 Å². The third-order valence-corrected chi connectivity index (χ3v) is 4.34. The Labute approximate surface area is 143 Å². The molecule has 136 valence electrons. The molecule has 0 saturated heterocycles. The molecule has 0 amide bonds. The number of nitrogens with two attached hydrogens (primary N) is 1. The Morgan fingerprint density at radius 2 is 1.26 bits per heavy atom. The molecule has 0 heterocycles. The van der Waals surface area contributed by atoms with Crippen LogP contribution in [0.4, 0.5) is 0 Å². The SMILES string of the molecule is CCCCCCCC/C=C\CCCCCCCCC(N)C(=O)O. The third-order valence-electron chi connectivity index (χ3n) is 4.34. The third kappa shape index (κ3) is 17.4. The number of hydrogen-bond acceptors (Lipinski definition) is 2. The molecule has 0 aromatic rings. The number of allylic oxidation sites excluding steroid dienone is 2. The molecule has 0 aliphatic heterocycles. The van der Waals surface area contributed by atoms with Crippen LogP contribution in [0.25, 0.3) is 0 Å². The number of carbonyl (C=O) groups is 1. The maximum absolute atomic E-state index is 10.6. The molecule has 0 bridgehead atoms. The van der Waals surface area contributed by atoms with E-state index in [4.69, 9.17) is 10.8 Å². The molecule has 1 unspecified atom stereocenters. The van der Waals surface area contributed by atoms with Crippen molar-refractivity contribution in [2.75, 3.05) is 0 Å². The van der Waals surface area contributed by atoms with Crippen LogP contribution in [-0.2, 0) is 4.79 Å². The minimum absolute atomic E-state index is 0.608. The smallest absolute Gasteiger partial charge is 0.320 e. The van der Waals surface area contributed by atoms with Gasteiger partial charge in [-0.05, 0) is 32.1 Å². The van der Waals surface area contributed by atoms with E-state index in [2.05, 4.69) is 19.1 Å². The van der Waals surface area contributed by atoms with Crippen molar-refractivity contribution in [2.24, 2.45) is 5.73 Å². The first-order valence-electron chi connectivity index (χ1n) is 9.81. The van der Waals surface area contributed by atoms with Gasteiger partial charge in [-0.3, -0.25) is 4.79 Å². The molecule has 1 atom stereocenters. The molecule has 0 aliphatic carbocycles. The van der Waals surface area contributed by atoms with Crippen LogP contribution in [0.5, 0.6) is 0 Å². The zero-order valence-electron chi connectivity index (χ0n) is 15.3. The fourth-order valence-corrected chi connectivity index (χ4v) is 2.74. The summed E-state index contributed by atoms with van der Waals surface area (Å²) in [5, 5.41) is 8.68. The molecular weight excluding hydrogens is 286 g/mol. The zero-order valence-corrected chi connectivity index (χ0v) is 15.3. The first-order valence-corrected chi connectivity index (χ1v) is 9.81. The maximum atomic E-state index is 10.6. The number of hydrogen-bond donors (Lipinski definition) is 2. The molecule has 3 nitrogen and oxygen atoms in total. The van der Waals surface area contributed by atoms with Crippen molar-refractivity contribution >= 4 is 5.97 Å². The highest BCUT2D eigenvalue weighted by Gasteiger charge is 2.09. The summed E-state index contributed by atoms with van der Waals surface area (Å²) in [7, 11) is 0. The number of aliphatic carboxylic acids is 1. The lowest BCUT2D eigenvalue weighted by atomic mass is 10.1. The van der Waals surface area contributed by atoms with Crippen LogP contribution >= 0.6 is 0 Å². The van der Waals surface area contributed by atoms with Crippen LogP contribution in [0.1, 0.15) is 103 Å². The van der Waals surface area contributed by atoms with E-state index < -0.39 is 12.0 Å². The molecule has 3 heteroatoms. The van der Waals surface area contributed by atoms with Gasteiger partial charge in [-0.15, -0.1) is 0 Å². The van der Waals surface area contributed by atoms with Gasteiger partial charge in [-0.2, -0.15) is 0 Å². The summed E-state index contributed by atoms with van der Waals surface area (Å²) < 4.78 is 0. The van der Waals surface area contributed by atoms with E-state index in [-0.39, 0.29) is 0 Å². The van der Waals surface area contributed by atoms with Gasteiger partial charge in [0.15, 0.2) is 0 Å². The molecule has 0 aromatic heterocycles. The second kappa shape index (κ2) is 17.5. The number of carboxylic acid groups (broad SMARTS) is 1. The molecule has 0 radical (unpaired) electrons. The Bertz CT molecular complexity index is 289. The van der Waals surface area contributed by atoms with Gasteiger partial charge >= 0.3 is 5.97 Å². The van der Waals surface area contributed by atoms with E-state index >= 15 is 0 Å². The fraction of sp³-hybridized carbons (Fsp3) is 0.850. The van der Waals surface area contributed by atoms with Gasteiger partial charge in [0, 0.05) is 0 Å². The number of rotatable bonds is 17. The van der Waals surface area contributed by atoms with Gasteiger partial charge in [0.2, 0.25) is 0 Å². The summed E-state index contributed by atoms with van der Waals surface area (Å²) in [4.78, 5) is 10.6. The van der Waals surface area contributed by atoms with Crippen molar-refractivity contribution < 1.29 is 9.90 Å². The summed E-state index contributed by atoms with van der Waals surface area (Å²) in [6.07, 6.45) is 23.1. The first kappa shape index (κ1) is 22.2. The van der Waals surface area contributed by atoms with Crippen LogP contribution in [0.15, 0.2) is 12.2 Å². The van der Waals surface area contributed by atoms with E-state index in [1.54, 1.807) is 0 Å². The lowest BCUT2D eigenvalue weighted by Gasteiger charge is -2.05. The monoisotopic (exact) mass is 325 g/mol. The minimum atomic E-state index is -0.877. The maximum Gasteiger partial charge on any atom is 0.320 e. The summed E-state index contributed by atoms with van der Waals surface area (Å²) >= 11 is 0. The fourth-order valence-electron chi connectivity index (χ4n) is 2.74. The van der Waals surface area contributed by atoms with Gasteiger partial charge < -0.3 is 10.8 Å². The molecule has 3 N–H and O–H groups in total.